The lowest BCUT2D eigenvalue weighted by Gasteiger charge is -2.06. The van der Waals surface area contributed by atoms with Gasteiger partial charge in [-0.2, -0.15) is 0 Å². The van der Waals surface area contributed by atoms with Gasteiger partial charge in [0.25, 0.3) is 0 Å². The summed E-state index contributed by atoms with van der Waals surface area (Å²) in [7, 11) is 0. The topological polar surface area (TPSA) is 28.7 Å². The van der Waals surface area contributed by atoms with Crippen LogP contribution in [0.25, 0.3) is 0 Å². The zero-order valence-corrected chi connectivity index (χ0v) is 7.30. The smallest absolute Gasteiger partial charge is 0.0921 e. The van der Waals surface area contributed by atoms with Crippen LogP contribution in [0.15, 0.2) is 12.5 Å². The molecule has 0 spiro atoms. The maximum Gasteiger partial charge on any atom is 0.0921 e. The van der Waals surface area contributed by atoms with Crippen LogP contribution < -0.4 is 0 Å². The Morgan fingerprint density at radius 1 is 1.64 bits per heavy atom. The minimum absolute atomic E-state index is 0.778. The van der Waals surface area contributed by atoms with Gasteiger partial charge in [0.1, 0.15) is 0 Å². The van der Waals surface area contributed by atoms with E-state index in [0.29, 0.717) is 0 Å². The second-order valence-corrected chi connectivity index (χ2v) is 3.17. The first-order chi connectivity index (χ1) is 5.33. The van der Waals surface area contributed by atoms with E-state index in [1.165, 1.54) is 18.5 Å². The van der Waals surface area contributed by atoms with Gasteiger partial charge in [-0.1, -0.05) is 26.7 Å². The van der Waals surface area contributed by atoms with Crippen LogP contribution in [0.5, 0.6) is 0 Å². The van der Waals surface area contributed by atoms with Gasteiger partial charge in [-0.25, -0.2) is 4.98 Å². The van der Waals surface area contributed by atoms with Gasteiger partial charge in [-0.3, -0.25) is 0 Å². The lowest BCUT2D eigenvalue weighted by Crippen LogP contribution is -1.98. The molecular weight excluding hydrogens is 136 g/mol. The summed E-state index contributed by atoms with van der Waals surface area (Å²) in [4.78, 5) is 7.10. The Morgan fingerprint density at radius 3 is 3.00 bits per heavy atom. The molecule has 1 rings (SSSR count). The lowest BCUT2D eigenvalue weighted by molar-refractivity contribution is 0.517. The Balaban J connectivity index is 2.31. The van der Waals surface area contributed by atoms with Crippen LogP contribution in [0.2, 0.25) is 0 Å². The van der Waals surface area contributed by atoms with Crippen LogP contribution in [0.1, 0.15) is 32.4 Å². The monoisotopic (exact) mass is 152 g/mol. The van der Waals surface area contributed by atoms with Crippen molar-refractivity contribution in [1.29, 1.82) is 0 Å². The largest absolute Gasteiger partial charge is 0.348 e. The van der Waals surface area contributed by atoms with E-state index in [-0.39, 0.29) is 0 Å². The highest BCUT2D eigenvalue weighted by molar-refractivity contribution is 4.94. The average molecular weight is 152 g/mol. The van der Waals surface area contributed by atoms with Crippen molar-refractivity contribution in [2.45, 2.75) is 33.1 Å². The molecular formula is C9H16N2. The summed E-state index contributed by atoms with van der Waals surface area (Å²) in [5.41, 5.74) is 1.26. The molecule has 0 bridgehead atoms. The molecule has 0 aliphatic rings. The first-order valence-electron chi connectivity index (χ1n) is 4.30. The van der Waals surface area contributed by atoms with Crippen LogP contribution >= 0.6 is 0 Å². The Bertz CT molecular complexity index is 179. The summed E-state index contributed by atoms with van der Waals surface area (Å²) in [6, 6.07) is 0. The zero-order valence-electron chi connectivity index (χ0n) is 7.30. The molecule has 1 aromatic heterocycles. The first kappa shape index (κ1) is 8.31. The maximum atomic E-state index is 3.98. The second kappa shape index (κ2) is 4.16. The predicted molar refractivity (Wildman–Crippen MR) is 46.4 cm³/mol. The molecule has 0 fully saturated rings. The second-order valence-electron chi connectivity index (χ2n) is 3.17. The number of nitrogens with one attached hydrogen (secondary N) is 1. The number of nitrogens with zero attached hydrogens (tertiary/aromatic N) is 1. The minimum Gasteiger partial charge on any atom is -0.348 e. The van der Waals surface area contributed by atoms with Gasteiger partial charge in [-0.05, 0) is 12.3 Å². The summed E-state index contributed by atoms with van der Waals surface area (Å²) >= 11 is 0. The summed E-state index contributed by atoms with van der Waals surface area (Å²) < 4.78 is 0. The number of H-pyrrole nitrogens is 1. The number of aromatic amines is 1. The van der Waals surface area contributed by atoms with E-state index in [2.05, 4.69) is 23.8 Å². The highest BCUT2D eigenvalue weighted by Crippen LogP contribution is 2.10. The molecule has 62 valence electrons. The summed E-state index contributed by atoms with van der Waals surface area (Å²) in [5, 5.41) is 0. The first-order valence-corrected chi connectivity index (χ1v) is 4.30. The Morgan fingerprint density at radius 2 is 2.45 bits per heavy atom. The number of rotatable bonds is 4. The van der Waals surface area contributed by atoms with Crippen LogP contribution in [0.3, 0.4) is 0 Å². The van der Waals surface area contributed by atoms with E-state index >= 15 is 0 Å². The fourth-order valence-corrected chi connectivity index (χ4v) is 1.37. The Hall–Kier alpha value is -0.790. The molecule has 2 nitrogen and oxygen atoms in total. The maximum absolute atomic E-state index is 3.98. The van der Waals surface area contributed by atoms with Gasteiger partial charge in [-0.15, -0.1) is 0 Å². The molecule has 0 amide bonds. The van der Waals surface area contributed by atoms with Crippen LogP contribution in [0, 0.1) is 5.92 Å². The number of aromatic nitrogens is 2. The van der Waals surface area contributed by atoms with E-state index in [1.54, 1.807) is 6.33 Å². The van der Waals surface area contributed by atoms with Gasteiger partial charge in [0.15, 0.2) is 0 Å². The SMILES string of the molecule is CCCC(C)Cc1cnc[nH]1. The standard InChI is InChI=1S/C9H16N2/c1-3-4-8(2)5-9-6-10-7-11-9/h6-8H,3-5H2,1-2H3,(H,10,11). The molecule has 0 aromatic carbocycles. The summed E-state index contributed by atoms with van der Waals surface area (Å²) in [5.74, 6) is 0.778. The fraction of sp³-hybridized carbons (Fsp3) is 0.667. The lowest BCUT2D eigenvalue weighted by atomic mass is 10.0. The van der Waals surface area contributed by atoms with Crippen molar-refractivity contribution >= 4 is 0 Å². The third kappa shape index (κ3) is 2.74. The highest BCUT2D eigenvalue weighted by atomic mass is 14.9. The van der Waals surface area contributed by atoms with Crippen molar-refractivity contribution in [2.75, 3.05) is 0 Å². The van der Waals surface area contributed by atoms with E-state index in [9.17, 15) is 0 Å². The van der Waals surface area contributed by atoms with Gasteiger partial charge < -0.3 is 4.98 Å². The minimum atomic E-state index is 0.778. The van der Waals surface area contributed by atoms with Crippen LogP contribution in [-0.2, 0) is 6.42 Å². The average Bonchev–Trinajstić information content (AvgIpc) is 2.40. The molecule has 11 heavy (non-hydrogen) atoms. The third-order valence-corrected chi connectivity index (χ3v) is 1.90. The van der Waals surface area contributed by atoms with Crippen molar-refractivity contribution in [3.05, 3.63) is 18.2 Å². The third-order valence-electron chi connectivity index (χ3n) is 1.90. The van der Waals surface area contributed by atoms with Crippen molar-refractivity contribution in [3.8, 4) is 0 Å². The molecule has 1 aromatic rings. The Labute approximate surface area is 68.0 Å². The van der Waals surface area contributed by atoms with Gasteiger partial charge in [0.2, 0.25) is 0 Å². The molecule has 1 N–H and O–H groups in total. The van der Waals surface area contributed by atoms with Crippen LogP contribution in [-0.4, -0.2) is 9.97 Å². The quantitative estimate of drug-likeness (QED) is 0.705. The van der Waals surface area contributed by atoms with Crippen molar-refractivity contribution in [3.63, 3.8) is 0 Å². The highest BCUT2D eigenvalue weighted by Gasteiger charge is 2.02. The van der Waals surface area contributed by atoms with Crippen molar-refractivity contribution in [2.24, 2.45) is 5.92 Å². The van der Waals surface area contributed by atoms with E-state index in [1.807, 2.05) is 6.20 Å². The molecule has 0 saturated carbocycles. The van der Waals surface area contributed by atoms with Crippen LogP contribution in [0.4, 0.5) is 0 Å². The molecule has 1 atom stereocenters. The molecule has 0 radical (unpaired) electrons. The van der Waals surface area contributed by atoms with Gasteiger partial charge in [0.05, 0.1) is 6.33 Å². The van der Waals surface area contributed by atoms with Crippen molar-refractivity contribution in [1.82, 2.24) is 9.97 Å². The van der Waals surface area contributed by atoms with Gasteiger partial charge in [0, 0.05) is 11.9 Å². The number of imidazole rings is 1. The number of hydrogen-bond acceptors (Lipinski definition) is 1. The van der Waals surface area contributed by atoms with Gasteiger partial charge >= 0.3 is 0 Å². The van der Waals surface area contributed by atoms with E-state index in [0.717, 1.165) is 12.3 Å². The van der Waals surface area contributed by atoms with E-state index in [4.69, 9.17) is 0 Å². The van der Waals surface area contributed by atoms with Crippen molar-refractivity contribution < 1.29 is 0 Å². The number of hydrogen-bond donors (Lipinski definition) is 1. The van der Waals surface area contributed by atoms with E-state index < -0.39 is 0 Å². The predicted octanol–water partition coefficient (Wildman–Crippen LogP) is 2.39. The normalized spacial score (nSPS) is 13.3. The Kier molecular flexibility index (Phi) is 3.14. The zero-order chi connectivity index (χ0) is 8.10. The molecule has 0 saturated heterocycles. The summed E-state index contributed by atoms with van der Waals surface area (Å²) in [6.07, 6.45) is 7.36. The molecule has 0 aliphatic carbocycles. The summed E-state index contributed by atoms with van der Waals surface area (Å²) in [6.45, 7) is 4.51. The fourth-order valence-electron chi connectivity index (χ4n) is 1.37. The molecule has 1 heterocycles. The molecule has 2 heteroatoms. The molecule has 0 aliphatic heterocycles. The molecule has 1 unspecified atom stereocenters.